The molecule has 0 aromatic carbocycles. The number of hydrogen-bond donors (Lipinski definition) is 0. The van der Waals surface area contributed by atoms with Gasteiger partial charge in [0.25, 0.3) is 0 Å². The van der Waals surface area contributed by atoms with E-state index in [-0.39, 0.29) is 0 Å². The Balaban J connectivity index is 0.000000400. The molecule has 3 rings (SSSR count). The van der Waals surface area contributed by atoms with Gasteiger partial charge < -0.3 is 0 Å². The van der Waals surface area contributed by atoms with Gasteiger partial charge in [-0.05, 0) is 36.5 Å². The number of fused-ring (bicyclic) bond motifs is 1. The van der Waals surface area contributed by atoms with Crippen LogP contribution in [-0.2, 0) is 0 Å². The largest absolute Gasteiger partial charge is 0.0654 e. The molecule has 0 amide bonds. The van der Waals surface area contributed by atoms with Gasteiger partial charge in [-0.25, -0.2) is 0 Å². The quantitative estimate of drug-likeness (QED) is 0.245. The van der Waals surface area contributed by atoms with E-state index in [0.717, 1.165) is 11.8 Å². The molecule has 3 aliphatic carbocycles. The fraction of sp³-hybridized carbons (Fsp3) is 1.00. The van der Waals surface area contributed by atoms with Crippen LogP contribution >= 0.6 is 0 Å². The van der Waals surface area contributed by atoms with Gasteiger partial charge in [0.2, 0.25) is 0 Å². The maximum absolute atomic E-state index is 2.36. The van der Waals surface area contributed by atoms with E-state index < -0.39 is 0 Å². The standard InChI is InChI=1S/C8H14.C8H16.2C8H18/c1-2-4-7-6-8(7)5-3-1;1-3-4-5-8-6-7(8)2;2*1-3-5-7-8-6-4-2/h7-8H,1-6H2;7-8H,3-6H2,1-2H3;2*3-8H2,1-2H3. The lowest BCUT2D eigenvalue weighted by Crippen LogP contribution is -1.77. The normalized spacial score (nSPS) is 24.9. The number of unbranched alkanes of at least 4 members (excludes halogenated alkanes) is 11. The second-order valence-electron chi connectivity index (χ2n) is 11.3. The van der Waals surface area contributed by atoms with Crippen molar-refractivity contribution in [2.45, 2.75) is 183 Å². The molecule has 3 saturated carbocycles. The minimum absolute atomic E-state index is 1.07. The Morgan fingerprint density at radius 2 is 0.844 bits per heavy atom. The van der Waals surface area contributed by atoms with E-state index in [9.17, 15) is 0 Å². The highest BCUT2D eigenvalue weighted by Gasteiger charge is 2.36. The Kier molecular flexibility index (Phi) is 24.1. The van der Waals surface area contributed by atoms with E-state index in [4.69, 9.17) is 0 Å². The number of hydrogen-bond acceptors (Lipinski definition) is 0. The summed E-state index contributed by atoms with van der Waals surface area (Å²) in [4.78, 5) is 0. The van der Waals surface area contributed by atoms with Crippen LogP contribution in [0.15, 0.2) is 0 Å². The third-order valence-corrected chi connectivity index (χ3v) is 7.84. The highest BCUT2D eigenvalue weighted by Crippen LogP contribution is 2.47. The molecule has 4 unspecified atom stereocenters. The summed E-state index contributed by atoms with van der Waals surface area (Å²) >= 11 is 0. The van der Waals surface area contributed by atoms with E-state index in [1.807, 2.05) is 0 Å². The topological polar surface area (TPSA) is 0 Å². The summed E-state index contributed by atoms with van der Waals surface area (Å²) in [6.07, 6.45) is 32.1. The fourth-order valence-corrected chi connectivity index (χ4v) is 4.98. The SMILES string of the molecule is C1CCC2CC2CC1.CCCCC1CC1C.CCCCCCCC.CCCCCCCC. The van der Waals surface area contributed by atoms with Crippen molar-refractivity contribution in [1.82, 2.24) is 0 Å². The molecular weight excluding hydrogens is 384 g/mol. The van der Waals surface area contributed by atoms with Gasteiger partial charge in [0.15, 0.2) is 0 Å². The fourth-order valence-electron chi connectivity index (χ4n) is 4.98. The minimum atomic E-state index is 1.07. The first-order valence-electron chi connectivity index (χ1n) is 15.6. The molecule has 0 radical (unpaired) electrons. The van der Waals surface area contributed by atoms with Crippen molar-refractivity contribution in [3.63, 3.8) is 0 Å². The molecule has 0 heteroatoms. The van der Waals surface area contributed by atoms with Gasteiger partial charge in [0.1, 0.15) is 0 Å². The smallest absolute Gasteiger partial charge is 0.0383 e. The molecule has 0 bridgehead atoms. The van der Waals surface area contributed by atoms with Gasteiger partial charge in [0.05, 0.1) is 0 Å². The van der Waals surface area contributed by atoms with Gasteiger partial charge in [0, 0.05) is 0 Å². The Bertz CT molecular complexity index is 312. The molecular formula is C32H66. The van der Waals surface area contributed by atoms with Crippen LogP contribution in [0.4, 0.5) is 0 Å². The molecule has 194 valence electrons. The molecule has 0 heterocycles. The van der Waals surface area contributed by atoms with Crippen molar-refractivity contribution in [3.05, 3.63) is 0 Å². The molecule has 0 aliphatic heterocycles. The van der Waals surface area contributed by atoms with Crippen molar-refractivity contribution in [2.75, 3.05) is 0 Å². The number of rotatable bonds is 13. The second-order valence-corrected chi connectivity index (χ2v) is 11.3. The molecule has 0 N–H and O–H groups in total. The maximum Gasteiger partial charge on any atom is -0.0383 e. The van der Waals surface area contributed by atoms with Crippen LogP contribution < -0.4 is 0 Å². The van der Waals surface area contributed by atoms with E-state index >= 15 is 0 Å². The van der Waals surface area contributed by atoms with Gasteiger partial charge >= 0.3 is 0 Å². The van der Waals surface area contributed by atoms with E-state index in [1.54, 1.807) is 19.3 Å². The van der Waals surface area contributed by atoms with Crippen molar-refractivity contribution in [3.8, 4) is 0 Å². The summed E-state index contributed by atoms with van der Waals surface area (Å²) in [5.74, 6) is 4.58. The lowest BCUT2D eigenvalue weighted by Gasteiger charge is -1.93. The van der Waals surface area contributed by atoms with Crippen molar-refractivity contribution in [1.29, 1.82) is 0 Å². The highest BCUT2D eigenvalue weighted by atomic mass is 14.4. The molecule has 0 nitrogen and oxygen atoms in total. The van der Waals surface area contributed by atoms with E-state index in [0.29, 0.717) is 0 Å². The van der Waals surface area contributed by atoms with Gasteiger partial charge in [-0.3, -0.25) is 0 Å². The molecule has 3 aliphatic rings. The molecule has 0 spiro atoms. The Morgan fingerprint density at radius 1 is 0.469 bits per heavy atom. The van der Waals surface area contributed by atoms with Crippen LogP contribution in [0, 0.1) is 23.7 Å². The van der Waals surface area contributed by atoms with Gasteiger partial charge in [-0.2, -0.15) is 0 Å². The van der Waals surface area contributed by atoms with Crippen LogP contribution in [0.1, 0.15) is 183 Å². The van der Waals surface area contributed by atoms with Crippen LogP contribution in [0.5, 0.6) is 0 Å². The molecule has 4 atom stereocenters. The van der Waals surface area contributed by atoms with Gasteiger partial charge in [-0.15, -0.1) is 0 Å². The summed E-state index contributed by atoms with van der Waals surface area (Å²) in [6, 6.07) is 0. The van der Waals surface area contributed by atoms with Crippen molar-refractivity contribution < 1.29 is 0 Å². The maximum atomic E-state index is 2.36. The summed E-state index contributed by atoms with van der Waals surface area (Å²) in [7, 11) is 0. The van der Waals surface area contributed by atoms with E-state index in [2.05, 4.69) is 41.5 Å². The predicted octanol–water partition coefficient (Wildman–Crippen LogP) is 12.2. The zero-order valence-electron chi connectivity index (χ0n) is 23.9. The zero-order chi connectivity index (χ0) is 23.9. The first kappa shape index (κ1) is 32.0. The lowest BCUT2D eigenvalue weighted by atomic mass is 10.1. The first-order valence-corrected chi connectivity index (χ1v) is 15.6. The minimum Gasteiger partial charge on any atom is -0.0654 e. The monoisotopic (exact) mass is 451 g/mol. The summed E-state index contributed by atoms with van der Waals surface area (Å²) < 4.78 is 0. The van der Waals surface area contributed by atoms with Crippen LogP contribution in [0.25, 0.3) is 0 Å². The summed E-state index contributed by atoms with van der Waals surface area (Å²) in [5.41, 5.74) is 0. The van der Waals surface area contributed by atoms with E-state index in [1.165, 1.54) is 134 Å². The average Bonchev–Trinajstić information content (AvgIpc) is 3.70. The summed E-state index contributed by atoms with van der Waals surface area (Å²) in [6.45, 7) is 13.7. The third-order valence-electron chi connectivity index (χ3n) is 7.84. The Labute approximate surface area is 206 Å². The molecule has 0 aromatic rings. The van der Waals surface area contributed by atoms with Crippen molar-refractivity contribution >= 4 is 0 Å². The second kappa shape index (κ2) is 24.1. The average molecular weight is 451 g/mol. The molecule has 0 saturated heterocycles. The Morgan fingerprint density at radius 3 is 1.16 bits per heavy atom. The highest BCUT2D eigenvalue weighted by molar-refractivity contribution is 4.87. The summed E-state index contributed by atoms with van der Waals surface area (Å²) in [5, 5.41) is 0. The van der Waals surface area contributed by atoms with Crippen molar-refractivity contribution in [2.24, 2.45) is 23.7 Å². The zero-order valence-corrected chi connectivity index (χ0v) is 23.9. The molecule has 0 aromatic heterocycles. The Hall–Kier alpha value is 0. The van der Waals surface area contributed by atoms with Crippen LogP contribution in [-0.4, -0.2) is 0 Å². The first-order chi connectivity index (χ1) is 15.6. The van der Waals surface area contributed by atoms with Crippen LogP contribution in [0.2, 0.25) is 0 Å². The molecule has 3 fully saturated rings. The predicted molar refractivity (Wildman–Crippen MR) is 150 cm³/mol. The third kappa shape index (κ3) is 21.8. The molecule has 32 heavy (non-hydrogen) atoms. The van der Waals surface area contributed by atoms with Crippen LogP contribution in [0.3, 0.4) is 0 Å². The lowest BCUT2D eigenvalue weighted by molar-refractivity contribution is 0.620. The van der Waals surface area contributed by atoms with Gasteiger partial charge in [-0.1, -0.05) is 170 Å².